The summed E-state index contributed by atoms with van der Waals surface area (Å²) in [5.41, 5.74) is 0.350. The maximum absolute atomic E-state index is 12.6. The fourth-order valence-electron chi connectivity index (χ4n) is 2.63. The lowest BCUT2D eigenvalue weighted by Gasteiger charge is -2.15. The molecule has 8 heteroatoms. The van der Waals surface area contributed by atoms with Gasteiger partial charge in [0.05, 0.1) is 11.4 Å². The number of benzene rings is 1. The summed E-state index contributed by atoms with van der Waals surface area (Å²) < 4.78 is 31.5. The zero-order chi connectivity index (χ0) is 17.2. The number of hydrogen-bond donors (Lipinski definition) is 1. The molecule has 0 aliphatic carbocycles. The number of aromatic nitrogens is 1. The molecule has 1 aromatic heterocycles. The second kappa shape index (κ2) is 6.74. The molecule has 1 aliphatic rings. The molecule has 1 aliphatic heterocycles. The number of aryl methyl sites for hydroxylation is 1. The Labute approximate surface area is 140 Å². The Morgan fingerprint density at radius 2 is 2.04 bits per heavy atom. The Hall–Kier alpha value is -2.19. The van der Waals surface area contributed by atoms with Crippen molar-refractivity contribution in [2.45, 2.75) is 24.7 Å². The minimum Gasteiger partial charge on any atom is -0.360 e. The van der Waals surface area contributed by atoms with Crippen LogP contribution in [-0.4, -0.2) is 43.3 Å². The molecule has 0 radical (unpaired) electrons. The van der Waals surface area contributed by atoms with Gasteiger partial charge in [0.2, 0.25) is 10.0 Å². The Kier molecular flexibility index (Phi) is 4.68. The van der Waals surface area contributed by atoms with Crippen molar-refractivity contribution >= 4 is 21.6 Å². The molecule has 0 amide bonds. The average Bonchev–Trinajstić information content (AvgIpc) is 3.24. The summed E-state index contributed by atoms with van der Waals surface area (Å²) in [6.07, 6.45) is 1.75. The molecule has 2 aromatic rings. The van der Waals surface area contributed by atoms with Gasteiger partial charge in [0.25, 0.3) is 0 Å². The van der Waals surface area contributed by atoms with E-state index in [1.807, 2.05) is 0 Å². The van der Waals surface area contributed by atoms with E-state index in [1.165, 1.54) is 16.4 Å². The van der Waals surface area contributed by atoms with Gasteiger partial charge in [-0.25, -0.2) is 8.42 Å². The summed E-state index contributed by atoms with van der Waals surface area (Å²) in [6, 6.07) is 7.85. The number of nitrogens with one attached hydrogen (secondary N) is 1. The van der Waals surface area contributed by atoms with Crippen LogP contribution >= 0.6 is 0 Å². The van der Waals surface area contributed by atoms with Crippen LogP contribution in [-0.2, 0) is 10.0 Å². The third-order valence-corrected chi connectivity index (χ3v) is 5.81. The molecule has 0 bridgehead atoms. The number of rotatable bonds is 6. The maximum atomic E-state index is 12.6. The number of carbonyl (C=O) groups is 1. The average molecular weight is 349 g/mol. The van der Waals surface area contributed by atoms with E-state index in [-0.39, 0.29) is 17.2 Å². The monoisotopic (exact) mass is 349 g/mol. The van der Waals surface area contributed by atoms with Crippen LogP contribution in [0.25, 0.3) is 0 Å². The van der Waals surface area contributed by atoms with Gasteiger partial charge in [-0.2, -0.15) is 4.31 Å². The van der Waals surface area contributed by atoms with E-state index < -0.39 is 10.0 Å². The predicted molar refractivity (Wildman–Crippen MR) is 88.5 cm³/mol. The lowest BCUT2D eigenvalue weighted by molar-refractivity contribution is 0.101. The highest BCUT2D eigenvalue weighted by Crippen LogP contribution is 2.21. The fourth-order valence-corrected chi connectivity index (χ4v) is 4.19. The van der Waals surface area contributed by atoms with Gasteiger partial charge in [0.1, 0.15) is 5.76 Å². The summed E-state index contributed by atoms with van der Waals surface area (Å²) >= 11 is 0. The number of nitrogens with zero attached hydrogens (tertiary/aromatic N) is 2. The Balaban J connectivity index is 1.73. The lowest BCUT2D eigenvalue weighted by atomic mass is 10.1. The topological polar surface area (TPSA) is 92.5 Å². The first kappa shape index (κ1) is 16.7. The van der Waals surface area contributed by atoms with Gasteiger partial charge in [0, 0.05) is 24.7 Å². The molecule has 1 fully saturated rings. The van der Waals surface area contributed by atoms with Crippen LogP contribution in [0.2, 0.25) is 0 Å². The van der Waals surface area contributed by atoms with Crippen LogP contribution in [0.1, 0.15) is 29.0 Å². The van der Waals surface area contributed by atoms with E-state index in [0.29, 0.717) is 30.2 Å². The zero-order valence-corrected chi connectivity index (χ0v) is 14.2. The first-order valence-corrected chi connectivity index (χ1v) is 9.21. The summed E-state index contributed by atoms with van der Waals surface area (Å²) in [5.74, 6) is 0.902. The van der Waals surface area contributed by atoms with Crippen LogP contribution in [0.3, 0.4) is 0 Å². The maximum Gasteiger partial charge on any atom is 0.243 e. The number of carbonyl (C=O) groups excluding carboxylic acids is 1. The molecule has 0 atom stereocenters. The summed E-state index contributed by atoms with van der Waals surface area (Å²) in [4.78, 5) is 12.5. The van der Waals surface area contributed by atoms with E-state index in [0.717, 1.165) is 12.8 Å². The highest BCUT2D eigenvalue weighted by atomic mass is 32.2. The number of sulfonamides is 1. The second-order valence-corrected chi connectivity index (χ2v) is 7.68. The van der Waals surface area contributed by atoms with E-state index in [9.17, 15) is 13.2 Å². The molecule has 1 aromatic carbocycles. The smallest absolute Gasteiger partial charge is 0.243 e. The summed E-state index contributed by atoms with van der Waals surface area (Å²) in [7, 11) is -3.53. The molecule has 3 rings (SSSR count). The van der Waals surface area contributed by atoms with Crippen molar-refractivity contribution in [1.82, 2.24) is 9.46 Å². The van der Waals surface area contributed by atoms with Crippen molar-refractivity contribution in [2.75, 3.05) is 25.0 Å². The van der Waals surface area contributed by atoms with E-state index in [2.05, 4.69) is 10.5 Å². The fraction of sp³-hybridized carbons (Fsp3) is 0.375. The van der Waals surface area contributed by atoms with Crippen molar-refractivity contribution < 1.29 is 17.7 Å². The molecule has 128 valence electrons. The largest absolute Gasteiger partial charge is 0.360 e. The molecule has 0 unspecified atom stereocenters. The van der Waals surface area contributed by atoms with Crippen molar-refractivity contribution in [2.24, 2.45) is 0 Å². The number of anilines is 1. The third kappa shape index (κ3) is 3.49. The molecule has 0 saturated carbocycles. The molecule has 1 saturated heterocycles. The van der Waals surface area contributed by atoms with Gasteiger partial charge in [0.15, 0.2) is 11.6 Å². The number of Topliss-reactive ketones (excluding diaryl/α,β-unsaturated/α-hetero) is 1. The van der Waals surface area contributed by atoms with Gasteiger partial charge in [-0.3, -0.25) is 4.79 Å². The van der Waals surface area contributed by atoms with Crippen LogP contribution < -0.4 is 5.32 Å². The van der Waals surface area contributed by atoms with Crippen LogP contribution in [0.15, 0.2) is 39.8 Å². The first-order valence-electron chi connectivity index (χ1n) is 7.77. The normalized spacial score (nSPS) is 15.5. The van der Waals surface area contributed by atoms with Gasteiger partial charge >= 0.3 is 0 Å². The number of hydrogen-bond acceptors (Lipinski definition) is 6. The quantitative estimate of drug-likeness (QED) is 0.803. The van der Waals surface area contributed by atoms with Gasteiger partial charge in [-0.15, -0.1) is 0 Å². The Morgan fingerprint density at radius 1 is 1.29 bits per heavy atom. The molecule has 24 heavy (non-hydrogen) atoms. The van der Waals surface area contributed by atoms with E-state index in [1.54, 1.807) is 25.1 Å². The van der Waals surface area contributed by atoms with Crippen molar-refractivity contribution in [3.8, 4) is 0 Å². The summed E-state index contributed by atoms with van der Waals surface area (Å²) in [5, 5.41) is 6.61. The summed E-state index contributed by atoms with van der Waals surface area (Å²) in [6.45, 7) is 2.84. The predicted octanol–water partition coefficient (Wildman–Crippen LogP) is 2.06. The molecular weight excluding hydrogens is 330 g/mol. The van der Waals surface area contributed by atoms with E-state index in [4.69, 9.17) is 4.52 Å². The minimum absolute atomic E-state index is 0.0131. The van der Waals surface area contributed by atoms with Crippen LogP contribution in [0.4, 0.5) is 5.82 Å². The number of ketones is 1. The Morgan fingerprint density at radius 3 is 2.71 bits per heavy atom. The molecule has 2 heterocycles. The lowest BCUT2D eigenvalue weighted by Crippen LogP contribution is -2.28. The van der Waals surface area contributed by atoms with E-state index >= 15 is 0 Å². The minimum atomic E-state index is -3.53. The Bertz CT molecular complexity index is 839. The van der Waals surface area contributed by atoms with Gasteiger partial charge in [-0.1, -0.05) is 17.3 Å². The van der Waals surface area contributed by atoms with Gasteiger partial charge in [-0.05, 0) is 31.9 Å². The van der Waals surface area contributed by atoms with Crippen LogP contribution in [0, 0.1) is 6.92 Å². The van der Waals surface area contributed by atoms with Crippen molar-refractivity contribution in [3.63, 3.8) is 0 Å². The molecule has 7 nitrogen and oxygen atoms in total. The van der Waals surface area contributed by atoms with Crippen molar-refractivity contribution in [3.05, 3.63) is 41.7 Å². The molecule has 0 spiro atoms. The molecular formula is C16H19N3O4S. The molecule has 1 N–H and O–H groups in total. The third-order valence-electron chi connectivity index (χ3n) is 3.92. The van der Waals surface area contributed by atoms with Crippen LogP contribution in [0.5, 0.6) is 0 Å². The zero-order valence-electron chi connectivity index (χ0n) is 13.4. The van der Waals surface area contributed by atoms with Crippen molar-refractivity contribution in [1.29, 1.82) is 0 Å². The SMILES string of the molecule is Cc1cc(NCC(=O)c2cccc(S(=O)(=O)N3CCCC3)c2)no1. The standard InChI is InChI=1S/C16H19N3O4S/c1-12-9-16(18-23-12)17-11-15(20)13-5-4-6-14(10-13)24(21,22)19-7-2-3-8-19/h4-6,9-10H,2-3,7-8,11H2,1H3,(H,17,18). The van der Waals surface area contributed by atoms with Gasteiger partial charge < -0.3 is 9.84 Å². The highest BCUT2D eigenvalue weighted by molar-refractivity contribution is 7.89. The highest BCUT2D eigenvalue weighted by Gasteiger charge is 2.27. The second-order valence-electron chi connectivity index (χ2n) is 5.74. The first-order chi connectivity index (χ1) is 11.5.